The predicted octanol–water partition coefficient (Wildman–Crippen LogP) is 2.37. The van der Waals surface area contributed by atoms with Crippen LogP contribution in [-0.2, 0) is 12.8 Å². The molecule has 1 aromatic carbocycles. The molecule has 0 bridgehead atoms. The molecule has 0 saturated heterocycles. The summed E-state index contributed by atoms with van der Waals surface area (Å²) >= 11 is 1.71. The molecular formula is C16H18N2O2S. The van der Waals surface area contributed by atoms with E-state index in [0.29, 0.717) is 0 Å². The van der Waals surface area contributed by atoms with Gasteiger partial charge in [0.1, 0.15) is 12.4 Å². The molecule has 0 amide bonds. The number of aliphatic hydroxyl groups excluding tert-OH is 1. The molecule has 0 aliphatic rings. The van der Waals surface area contributed by atoms with E-state index >= 15 is 0 Å². The number of hydrogen-bond donors (Lipinski definition) is 1. The Morgan fingerprint density at radius 3 is 2.81 bits per heavy atom. The van der Waals surface area contributed by atoms with Crippen LogP contribution in [-0.4, -0.2) is 28.6 Å². The third-order valence-electron chi connectivity index (χ3n) is 2.93. The van der Waals surface area contributed by atoms with Gasteiger partial charge in [0.15, 0.2) is 0 Å². The number of aromatic nitrogens is 2. The van der Waals surface area contributed by atoms with Crippen molar-refractivity contribution >= 4 is 11.8 Å². The maximum atomic E-state index is 8.77. The van der Waals surface area contributed by atoms with Crippen LogP contribution in [0.25, 0.3) is 0 Å². The van der Waals surface area contributed by atoms with Crippen molar-refractivity contribution in [3.05, 3.63) is 41.1 Å². The van der Waals surface area contributed by atoms with Gasteiger partial charge in [0.25, 0.3) is 0 Å². The first-order valence-corrected chi connectivity index (χ1v) is 7.52. The van der Waals surface area contributed by atoms with E-state index < -0.39 is 0 Å². The summed E-state index contributed by atoms with van der Waals surface area (Å²) in [4.78, 5) is 0. The molecule has 0 aliphatic carbocycles. The molecule has 2 aromatic rings. The molecule has 0 unspecified atom stereocenters. The molecule has 5 heteroatoms. The lowest BCUT2D eigenvalue weighted by Crippen LogP contribution is -1.95. The number of methoxy groups -OCH3 is 1. The summed E-state index contributed by atoms with van der Waals surface area (Å²) in [5, 5.41) is 14.2. The topological polar surface area (TPSA) is 47.3 Å². The molecule has 1 heterocycles. The van der Waals surface area contributed by atoms with Gasteiger partial charge in [0, 0.05) is 23.9 Å². The zero-order valence-electron chi connectivity index (χ0n) is 12.4. The minimum Gasteiger partial charge on any atom is -0.496 e. The first-order valence-electron chi connectivity index (χ1n) is 6.54. The molecule has 0 spiro atoms. The van der Waals surface area contributed by atoms with Gasteiger partial charge in [-0.15, -0.1) is 11.8 Å². The zero-order chi connectivity index (χ0) is 15.2. The zero-order valence-corrected chi connectivity index (χ0v) is 13.2. The van der Waals surface area contributed by atoms with E-state index in [1.54, 1.807) is 18.9 Å². The van der Waals surface area contributed by atoms with Gasteiger partial charge in [-0.05, 0) is 31.2 Å². The Kier molecular flexibility index (Phi) is 5.32. The van der Waals surface area contributed by atoms with Crippen molar-refractivity contribution in [3.63, 3.8) is 0 Å². The fourth-order valence-corrected chi connectivity index (χ4v) is 2.99. The second kappa shape index (κ2) is 7.21. The molecular weight excluding hydrogens is 284 g/mol. The van der Waals surface area contributed by atoms with Crippen LogP contribution < -0.4 is 4.74 Å². The fourth-order valence-electron chi connectivity index (χ4n) is 1.98. The van der Waals surface area contributed by atoms with Gasteiger partial charge in [0.2, 0.25) is 0 Å². The average Bonchev–Trinajstić information content (AvgIpc) is 2.81. The van der Waals surface area contributed by atoms with Gasteiger partial charge in [-0.2, -0.15) is 5.10 Å². The summed E-state index contributed by atoms with van der Waals surface area (Å²) in [5.74, 6) is 7.19. The number of rotatable bonds is 4. The summed E-state index contributed by atoms with van der Waals surface area (Å²) in [7, 11) is 3.60. The first kappa shape index (κ1) is 15.5. The van der Waals surface area contributed by atoms with Gasteiger partial charge in [-0.3, -0.25) is 4.68 Å². The van der Waals surface area contributed by atoms with Gasteiger partial charge >= 0.3 is 0 Å². The lowest BCUT2D eigenvalue weighted by Gasteiger charge is -2.09. The molecule has 4 nitrogen and oxygen atoms in total. The van der Waals surface area contributed by atoms with Gasteiger partial charge in [0.05, 0.1) is 17.8 Å². The van der Waals surface area contributed by atoms with Gasteiger partial charge in [-0.1, -0.05) is 11.8 Å². The van der Waals surface area contributed by atoms with Crippen molar-refractivity contribution in [3.8, 4) is 17.6 Å². The van der Waals surface area contributed by atoms with E-state index in [0.717, 1.165) is 33.3 Å². The lowest BCUT2D eigenvalue weighted by atomic mass is 10.1. The Labute approximate surface area is 129 Å². The summed E-state index contributed by atoms with van der Waals surface area (Å²) < 4.78 is 7.27. The number of thioether (sulfide) groups is 1. The second-order valence-corrected chi connectivity index (χ2v) is 5.52. The Morgan fingerprint density at radius 1 is 1.38 bits per heavy atom. The molecule has 110 valence electrons. The number of aliphatic hydroxyl groups is 1. The summed E-state index contributed by atoms with van der Waals surface area (Å²) in [5.41, 5.74) is 2.96. The lowest BCUT2D eigenvalue weighted by molar-refractivity contribution is 0.350. The molecule has 1 aromatic heterocycles. The van der Waals surface area contributed by atoms with E-state index in [1.165, 1.54) is 0 Å². The standard InChI is InChI=1S/C16H18N2O2S/c1-12-9-16(18(2)17-12)21-11-14-10-13(5-4-8-19)6-7-15(14)20-3/h6-7,9-10,19H,8,11H2,1-3H3. The van der Waals surface area contributed by atoms with Crippen molar-refractivity contribution in [2.75, 3.05) is 13.7 Å². The second-order valence-electron chi connectivity index (χ2n) is 4.52. The minimum absolute atomic E-state index is 0.135. The number of benzene rings is 1. The highest BCUT2D eigenvalue weighted by atomic mass is 32.2. The molecule has 1 N–H and O–H groups in total. The van der Waals surface area contributed by atoms with Crippen LogP contribution in [0.15, 0.2) is 29.3 Å². The van der Waals surface area contributed by atoms with Crippen molar-refractivity contribution in [1.29, 1.82) is 0 Å². The minimum atomic E-state index is -0.135. The predicted molar refractivity (Wildman–Crippen MR) is 84.5 cm³/mol. The van der Waals surface area contributed by atoms with Crippen LogP contribution in [0.3, 0.4) is 0 Å². The Hall–Kier alpha value is -1.90. The molecule has 0 aliphatic heterocycles. The number of hydrogen-bond acceptors (Lipinski definition) is 4. The average molecular weight is 302 g/mol. The SMILES string of the molecule is COc1ccc(C#CCO)cc1CSc1cc(C)nn1C. The smallest absolute Gasteiger partial charge is 0.122 e. The number of nitrogens with zero attached hydrogens (tertiary/aromatic N) is 2. The highest BCUT2D eigenvalue weighted by Gasteiger charge is 2.07. The third-order valence-corrected chi connectivity index (χ3v) is 4.06. The quantitative estimate of drug-likeness (QED) is 0.696. The largest absolute Gasteiger partial charge is 0.496 e. The molecule has 0 saturated carbocycles. The van der Waals surface area contributed by atoms with Crippen molar-refractivity contribution in [2.24, 2.45) is 7.05 Å². The molecule has 0 radical (unpaired) electrons. The highest BCUT2D eigenvalue weighted by molar-refractivity contribution is 7.98. The van der Waals surface area contributed by atoms with Crippen molar-refractivity contribution in [1.82, 2.24) is 9.78 Å². The molecule has 21 heavy (non-hydrogen) atoms. The maximum absolute atomic E-state index is 8.77. The first-order chi connectivity index (χ1) is 10.1. The summed E-state index contributed by atoms with van der Waals surface area (Å²) in [6.45, 7) is 1.85. The van der Waals surface area contributed by atoms with E-state index in [-0.39, 0.29) is 6.61 Å². The number of ether oxygens (including phenoxy) is 1. The Balaban J connectivity index is 2.19. The van der Waals surface area contributed by atoms with Crippen LogP contribution in [0, 0.1) is 18.8 Å². The Morgan fingerprint density at radius 2 is 2.19 bits per heavy atom. The van der Waals surface area contributed by atoms with Crippen LogP contribution in [0.5, 0.6) is 5.75 Å². The monoisotopic (exact) mass is 302 g/mol. The Bertz CT molecular complexity index is 683. The normalized spacial score (nSPS) is 10.1. The fraction of sp³-hybridized carbons (Fsp3) is 0.312. The molecule has 2 rings (SSSR count). The van der Waals surface area contributed by atoms with Crippen molar-refractivity contribution in [2.45, 2.75) is 17.7 Å². The third kappa shape index (κ3) is 4.03. The van der Waals surface area contributed by atoms with E-state index in [9.17, 15) is 0 Å². The van der Waals surface area contributed by atoms with Gasteiger partial charge < -0.3 is 9.84 Å². The number of aryl methyl sites for hydroxylation is 2. The van der Waals surface area contributed by atoms with Crippen LogP contribution in [0.4, 0.5) is 0 Å². The van der Waals surface area contributed by atoms with E-state index in [1.807, 2.05) is 36.9 Å². The van der Waals surface area contributed by atoms with E-state index in [2.05, 4.69) is 23.0 Å². The highest BCUT2D eigenvalue weighted by Crippen LogP contribution is 2.28. The van der Waals surface area contributed by atoms with Gasteiger partial charge in [-0.25, -0.2) is 0 Å². The van der Waals surface area contributed by atoms with E-state index in [4.69, 9.17) is 9.84 Å². The molecule has 0 fully saturated rings. The summed E-state index contributed by atoms with van der Waals surface area (Å²) in [6.07, 6.45) is 0. The maximum Gasteiger partial charge on any atom is 0.122 e. The van der Waals surface area contributed by atoms with Crippen LogP contribution in [0.2, 0.25) is 0 Å². The summed E-state index contributed by atoms with van der Waals surface area (Å²) in [6, 6.07) is 7.86. The van der Waals surface area contributed by atoms with Crippen molar-refractivity contribution < 1.29 is 9.84 Å². The molecule has 0 atom stereocenters. The van der Waals surface area contributed by atoms with Crippen LogP contribution >= 0.6 is 11.8 Å². The van der Waals surface area contributed by atoms with Crippen LogP contribution in [0.1, 0.15) is 16.8 Å².